The minimum Gasteiger partial charge on any atom is -0.493 e. The Kier molecular flexibility index (Phi) is 5.32. The van der Waals surface area contributed by atoms with E-state index in [1.165, 1.54) is 0 Å². The van der Waals surface area contributed by atoms with E-state index in [0.717, 1.165) is 38.9 Å². The maximum Gasteiger partial charge on any atom is 0.166 e. The van der Waals surface area contributed by atoms with Crippen LogP contribution in [0, 0.1) is 0 Å². The normalized spacial score (nSPS) is 23.9. The van der Waals surface area contributed by atoms with E-state index in [1.807, 2.05) is 49.1 Å². The number of halogens is 1. The summed E-state index contributed by atoms with van der Waals surface area (Å²) in [6.45, 7) is 5.76. The number of nitrogens with zero attached hydrogens (tertiary/aromatic N) is 3. The Bertz CT molecular complexity index is 862. The van der Waals surface area contributed by atoms with E-state index in [-0.39, 0.29) is 12.1 Å². The molecule has 2 aliphatic rings. The zero-order valence-corrected chi connectivity index (χ0v) is 18.0. The summed E-state index contributed by atoms with van der Waals surface area (Å²) in [7, 11) is 1.68. The molecule has 2 aromatic rings. The molecular weight excluding hydrogens is 426 g/mol. The summed E-state index contributed by atoms with van der Waals surface area (Å²) in [5.41, 5.74) is 2.05. The minimum atomic E-state index is -0.0700. The molecule has 0 unspecified atom stereocenters. The lowest BCUT2D eigenvalue weighted by molar-refractivity contribution is 0.278. The number of methoxy groups -OCH3 is 1. The van der Waals surface area contributed by atoms with Crippen molar-refractivity contribution in [3.63, 3.8) is 0 Å². The topological polar surface area (TPSA) is 47.0 Å². The molecule has 0 bridgehead atoms. The fourth-order valence-corrected chi connectivity index (χ4v) is 5.26. The highest BCUT2D eigenvalue weighted by Gasteiger charge is 2.45. The van der Waals surface area contributed by atoms with Crippen LogP contribution in [0.25, 0.3) is 0 Å². The summed E-state index contributed by atoms with van der Waals surface area (Å²) in [5, 5.41) is 1.60. The summed E-state index contributed by atoms with van der Waals surface area (Å²) in [6.07, 6.45) is 1.83. The van der Waals surface area contributed by atoms with Crippen LogP contribution in [-0.4, -0.2) is 40.6 Å². The number of ether oxygens (including phenoxy) is 2. The SMILES string of the molecule is CCOc1c(OC)cc(Br)cc1[C@@H]1[C@H](c2ccccn2)N=C2S[C@@H](C)CN21. The summed E-state index contributed by atoms with van der Waals surface area (Å²) in [5.74, 6) is 1.52. The van der Waals surface area contributed by atoms with E-state index in [0.29, 0.717) is 11.9 Å². The van der Waals surface area contributed by atoms with Gasteiger partial charge in [-0.3, -0.25) is 9.98 Å². The van der Waals surface area contributed by atoms with E-state index in [2.05, 4.69) is 38.8 Å². The monoisotopic (exact) mass is 447 g/mol. The fourth-order valence-electron chi connectivity index (χ4n) is 3.71. The highest BCUT2D eigenvalue weighted by atomic mass is 79.9. The second kappa shape index (κ2) is 7.72. The van der Waals surface area contributed by atoms with Crippen LogP contribution in [-0.2, 0) is 0 Å². The number of aromatic nitrogens is 1. The van der Waals surface area contributed by atoms with E-state index in [4.69, 9.17) is 14.5 Å². The van der Waals surface area contributed by atoms with Crippen molar-refractivity contribution in [1.82, 2.24) is 9.88 Å². The first-order chi connectivity index (χ1) is 13.1. The third kappa shape index (κ3) is 3.43. The molecule has 5 nitrogen and oxygen atoms in total. The molecule has 0 saturated carbocycles. The molecule has 1 aromatic heterocycles. The van der Waals surface area contributed by atoms with Gasteiger partial charge in [-0.05, 0) is 31.2 Å². The molecular formula is C20H22BrN3O2S. The zero-order valence-electron chi connectivity index (χ0n) is 15.6. The number of pyridine rings is 1. The van der Waals surface area contributed by atoms with Gasteiger partial charge >= 0.3 is 0 Å². The van der Waals surface area contributed by atoms with Crippen molar-refractivity contribution in [2.45, 2.75) is 31.2 Å². The van der Waals surface area contributed by atoms with Crippen LogP contribution in [0.5, 0.6) is 11.5 Å². The van der Waals surface area contributed by atoms with Crippen molar-refractivity contribution in [3.8, 4) is 11.5 Å². The van der Waals surface area contributed by atoms with E-state index < -0.39 is 0 Å². The number of rotatable bonds is 5. The standard InChI is InChI=1S/C20H22BrN3O2S/c1-4-26-19-14(9-13(21)10-16(19)25-3)18-17(15-7-5-6-8-22-15)23-20-24(18)11-12(2)27-20/h5-10,12,17-18H,4,11H2,1-3H3/t12-,17-,18+/m0/s1. The van der Waals surface area contributed by atoms with Crippen molar-refractivity contribution < 1.29 is 9.47 Å². The van der Waals surface area contributed by atoms with Gasteiger partial charge in [-0.2, -0.15) is 0 Å². The lowest BCUT2D eigenvalue weighted by Crippen LogP contribution is -2.29. The van der Waals surface area contributed by atoms with E-state index in [1.54, 1.807) is 7.11 Å². The van der Waals surface area contributed by atoms with Gasteiger partial charge in [-0.25, -0.2) is 0 Å². The van der Waals surface area contributed by atoms with Crippen molar-refractivity contribution in [2.75, 3.05) is 20.3 Å². The average molecular weight is 448 g/mol. The highest BCUT2D eigenvalue weighted by Crippen LogP contribution is 2.51. The van der Waals surface area contributed by atoms with Gasteiger partial charge in [0.1, 0.15) is 6.04 Å². The van der Waals surface area contributed by atoms with Crippen LogP contribution in [0.2, 0.25) is 0 Å². The summed E-state index contributed by atoms with van der Waals surface area (Å²) < 4.78 is 12.6. The summed E-state index contributed by atoms with van der Waals surface area (Å²) >= 11 is 5.47. The van der Waals surface area contributed by atoms with E-state index >= 15 is 0 Å². The Labute approximate surface area is 172 Å². The predicted molar refractivity (Wildman–Crippen MR) is 113 cm³/mol. The Balaban J connectivity index is 1.86. The summed E-state index contributed by atoms with van der Waals surface area (Å²) in [6, 6.07) is 10.0. The van der Waals surface area contributed by atoms with Gasteiger partial charge in [0, 0.05) is 28.0 Å². The maximum atomic E-state index is 6.04. The van der Waals surface area contributed by atoms with E-state index in [9.17, 15) is 0 Å². The molecule has 27 heavy (non-hydrogen) atoms. The molecule has 3 heterocycles. The minimum absolute atomic E-state index is 0.0281. The van der Waals surface area contributed by atoms with Gasteiger partial charge in [0.2, 0.25) is 0 Å². The third-order valence-electron chi connectivity index (χ3n) is 4.76. The van der Waals surface area contributed by atoms with Crippen molar-refractivity contribution >= 4 is 32.9 Å². The van der Waals surface area contributed by atoms with Gasteiger partial charge in [0.25, 0.3) is 0 Å². The molecule has 4 rings (SSSR count). The smallest absolute Gasteiger partial charge is 0.166 e. The number of amidine groups is 1. The molecule has 0 aliphatic carbocycles. The van der Waals surface area contributed by atoms with Crippen LogP contribution < -0.4 is 9.47 Å². The molecule has 2 aliphatic heterocycles. The van der Waals surface area contributed by atoms with Gasteiger partial charge in [-0.1, -0.05) is 40.7 Å². The Hall–Kier alpha value is -1.73. The van der Waals surface area contributed by atoms with Crippen LogP contribution in [0.3, 0.4) is 0 Å². The largest absolute Gasteiger partial charge is 0.493 e. The molecule has 7 heteroatoms. The molecule has 3 atom stereocenters. The van der Waals surface area contributed by atoms with Gasteiger partial charge < -0.3 is 14.4 Å². The van der Waals surface area contributed by atoms with Crippen molar-refractivity contribution in [1.29, 1.82) is 0 Å². The van der Waals surface area contributed by atoms with Crippen LogP contribution in [0.1, 0.15) is 37.2 Å². The predicted octanol–water partition coefficient (Wildman–Crippen LogP) is 4.84. The molecule has 0 radical (unpaired) electrons. The molecule has 1 aromatic carbocycles. The first-order valence-electron chi connectivity index (χ1n) is 9.04. The lowest BCUT2D eigenvalue weighted by Gasteiger charge is -2.29. The number of fused-ring (bicyclic) bond motifs is 1. The lowest BCUT2D eigenvalue weighted by atomic mass is 9.95. The van der Waals surface area contributed by atoms with Crippen LogP contribution >= 0.6 is 27.7 Å². The molecule has 0 N–H and O–H groups in total. The molecule has 0 amide bonds. The Morgan fingerprint density at radius 1 is 1.33 bits per heavy atom. The first-order valence-corrected chi connectivity index (χ1v) is 10.7. The second-order valence-electron chi connectivity index (χ2n) is 6.60. The zero-order chi connectivity index (χ0) is 19.0. The van der Waals surface area contributed by atoms with Crippen LogP contribution in [0.4, 0.5) is 0 Å². The number of thioether (sulfide) groups is 1. The second-order valence-corrected chi connectivity index (χ2v) is 8.92. The molecule has 1 fully saturated rings. The maximum absolute atomic E-state index is 6.04. The Morgan fingerprint density at radius 2 is 2.19 bits per heavy atom. The molecule has 142 valence electrons. The highest BCUT2D eigenvalue weighted by molar-refractivity contribution is 9.10. The van der Waals surface area contributed by atoms with Crippen molar-refractivity contribution in [3.05, 3.63) is 52.3 Å². The molecule has 1 saturated heterocycles. The van der Waals surface area contributed by atoms with Gasteiger partial charge in [0.05, 0.1) is 25.5 Å². The van der Waals surface area contributed by atoms with Crippen molar-refractivity contribution in [2.24, 2.45) is 4.99 Å². The number of aliphatic imine (C=N–C) groups is 1. The quantitative estimate of drug-likeness (QED) is 0.655. The van der Waals surface area contributed by atoms with Gasteiger partial charge in [0.15, 0.2) is 16.7 Å². The third-order valence-corrected chi connectivity index (χ3v) is 6.32. The number of benzene rings is 1. The molecule has 0 spiro atoms. The van der Waals surface area contributed by atoms with Gasteiger partial charge in [-0.15, -0.1) is 0 Å². The number of hydrogen-bond acceptors (Lipinski definition) is 6. The fraction of sp³-hybridized carbons (Fsp3) is 0.400. The van der Waals surface area contributed by atoms with Crippen LogP contribution in [0.15, 0.2) is 46.0 Å². The first kappa shape index (κ1) is 18.6. The Morgan fingerprint density at radius 3 is 2.89 bits per heavy atom. The average Bonchev–Trinajstić information content (AvgIpc) is 3.19. The summed E-state index contributed by atoms with van der Waals surface area (Å²) in [4.78, 5) is 12.0. The number of hydrogen-bond donors (Lipinski definition) is 0.